The lowest BCUT2D eigenvalue weighted by Gasteiger charge is -2.09. The van der Waals surface area contributed by atoms with Gasteiger partial charge in [0.25, 0.3) is 11.6 Å². The summed E-state index contributed by atoms with van der Waals surface area (Å²) in [5.41, 5.74) is -0.348. The molecule has 2 aromatic rings. The maximum Gasteiger partial charge on any atom is 0.283 e. The maximum atomic E-state index is 12.2. The number of nitro benzene ring substituents is 1. The van der Waals surface area contributed by atoms with E-state index in [0.717, 1.165) is 6.07 Å². The van der Waals surface area contributed by atoms with Crippen molar-refractivity contribution in [2.45, 2.75) is 0 Å². The first kappa shape index (κ1) is 15.6. The second kappa shape index (κ2) is 6.30. The van der Waals surface area contributed by atoms with Crippen LogP contribution in [0.25, 0.3) is 0 Å². The van der Waals surface area contributed by atoms with Gasteiger partial charge in [0.2, 0.25) is 0 Å². The van der Waals surface area contributed by atoms with Crippen molar-refractivity contribution in [3.63, 3.8) is 0 Å². The zero-order valence-corrected chi connectivity index (χ0v) is 12.5. The van der Waals surface area contributed by atoms with Gasteiger partial charge in [-0.15, -0.1) is 0 Å². The molecule has 21 heavy (non-hydrogen) atoms. The van der Waals surface area contributed by atoms with E-state index >= 15 is 0 Å². The molecule has 2 rings (SSSR count). The Morgan fingerprint density at radius 2 is 1.71 bits per heavy atom. The van der Waals surface area contributed by atoms with Crippen molar-refractivity contribution in [3.8, 4) is 0 Å². The average Bonchev–Trinajstić information content (AvgIpc) is 2.42. The third-order valence-corrected chi connectivity index (χ3v) is 3.47. The zero-order valence-electron chi connectivity index (χ0n) is 10.3. The van der Waals surface area contributed by atoms with E-state index < -0.39 is 16.5 Å². The van der Waals surface area contributed by atoms with E-state index in [1.54, 1.807) is 18.2 Å². The van der Waals surface area contributed by atoms with Gasteiger partial charge in [0.1, 0.15) is 5.56 Å². The SMILES string of the molecule is O=C(Nc1c(Cl)cccc1Cl)c1ccc(Cl)cc1[N+](=O)[O-]. The van der Waals surface area contributed by atoms with Crippen molar-refractivity contribution in [2.24, 2.45) is 0 Å². The van der Waals surface area contributed by atoms with Gasteiger partial charge in [-0.05, 0) is 24.3 Å². The molecule has 1 amide bonds. The number of carbonyl (C=O) groups is 1. The molecule has 0 bridgehead atoms. The minimum atomic E-state index is -0.701. The van der Waals surface area contributed by atoms with Crippen molar-refractivity contribution in [2.75, 3.05) is 5.32 Å². The Morgan fingerprint density at radius 3 is 2.29 bits per heavy atom. The zero-order chi connectivity index (χ0) is 15.6. The largest absolute Gasteiger partial charge is 0.319 e. The van der Waals surface area contributed by atoms with Crippen LogP contribution in [0, 0.1) is 10.1 Å². The molecule has 0 aromatic heterocycles. The van der Waals surface area contributed by atoms with Crippen LogP contribution in [0.1, 0.15) is 10.4 Å². The first-order chi connectivity index (χ1) is 9.90. The van der Waals surface area contributed by atoms with E-state index in [4.69, 9.17) is 34.8 Å². The minimum Gasteiger partial charge on any atom is -0.319 e. The summed E-state index contributed by atoms with van der Waals surface area (Å²) in [6, 6.07) is 8.45. The number of nitrogens with zero attached hydrogens (tertiary/aromatic N) is 1. The quantitative estimate of drug-likeness (QED) is 0.641. The monoisotopic (exact) mass is 344 g/mol. The van der Waals surface area contributed by atoms with Crippen LogP contribution in [0.15, 0.2) is 36.4 Å². The van der Waals surface area contributed by atoms with Crippen LogP contribution in [0.3, 0.4) is 0 Å². The first-order valence-electron chi connectivity index (χ1n) is 5.59. The molecule has 5 nitrogen and oxygen atoms in total. The maximum absolute atomic E-state index is 12.2. The number of rotatable bonds is 3. The highest BCUT2D eigenvalue weighted by Crippen LogP contribution is 2.31. The van der Waals surface area contributed by atoms with Gasteiger partial charge in [0.15, 0.2) is 0 Å². The number of para-hydroxylation sites is 1. The lowest BCUT2D eigenvalue weighted by Crippen LogP contribution is -2.14. The van der Waals surface area contributed by atoms with Crippen molar-refractivity contribution < 1.29 is 9.72 Å². The Hall–Kier alpha value is -1.82. The number of nitro groups is 1. The number of halogens is 3. The standard InChI is InChI=1S/C13H7Cl3N2O3/c14-7-4-5-8(11(6-7)18(20)21)13(19)17-12-9(15)2-1-3-10(12)16/h1-6H,(H,17,19). The number of anilines is 1. The number of nitrogens with one attached hydrogen (secondary N) is 1. The molecule has 0 aliphatic heterocycles. The molecule has 0 saturated carbocycles. The van der Waals surface area contributed by atoms with Gasteiger partial charge in [-0.1, -0.05) is 40.9 Å². The lowest BCUT2D eigenvalue weighted by molar-refractivity contribution is -0.385. The van der Waals surface area contributed by atoms with Crippen molar-refractivity contribution in [1.29, 1.82) is 0 Å². The van der Waals surface area contributed by atoms with E-state index in [1.807, 2.05) is 0 Å². The Balaban J connectivity index is 2.40. The molecular weight excluding hydrogens is 339 g/mol. The van der Waals surface area contributed by atoms with E-state index in [2.05, 4.69) is 5.32 Å². The number of amides is 1. The Labute approximate surface area is 134 Å². The molecule has 0 aliphatic rings. The smallest absolute Gasteiger partial charge is 0.283 e. The number of carbonyl (C=O) groups excluding carboxylic acids is 1. The molecule has 0 unspecified atom stereocenters. The fourth-order valence-corrected chi connectivity index (χ4v) is 2.30. The van der Waals surface area contributed by atoms with Gasteiger partial charge < -0.3 is 5.32 Å². The molecule has 0 radical (unpaired) electrons. The summed E-state index contributed by atoms with van der Waals surface area (Å²) in [5, 5.41) is 14.1. The van der Waals surface area contributed by atoms with Crippen LogP contribution in [-0.2, 0) is 0 Å². The van der Waals surface area contributed by atoms with E-state index in [-0.39, 0.29) is 26.3 Å². The highest BCUT2D eigenvalue weighted by Gasteiger charge is 2.21. The normalized spacial score (nSPS) is 10.2. The highest BCUT2D eigenvalue weighted by atomic mass is 35.5. The fraction of sp³-hybridized carbons (Fsp3) is 0. The molecular formula is C13H7Cl3N2O3. The summed E-state index contributed by atoms with van der Waals surface area (Å²) < 4.78 is 0. The predicted octanol–water partition coefficient (Wildman–Crippen LogP) is 4.81. The average molecular weight is 346 g/mol. The number of hydrogen-bond donors (Lipinski definition) is 1. The predicted molar refractivity (Wildman–Crippen MR) is 82.5 cm³/mol. The lowest BCUT2D eigenvalue weighted by atomic mass is 10.1. The summed E-state index contributed by atoms with van der Waals surface area (Å²) >= 11 is 17.6. The molecule has 0 atom stereocenters. The third-order valence-electron chi connectivity index (χ3n) is 2.60. The van der Waals surface area contributed by atoms with Crippen molar-refractivity contribution in [1.82, 2.24) is 0 Å². The molecule has 1 N–H and O–H groups in total. The molecule has 0 fully saturated rings. The topological polar surface area (TPSA) is 72.2 Å². The van der Waals surface area contributed by atoms with Crippen LogP contribution in [0.4, 0.5) is 11.4 Å². The van der Waals surface area contributed by atoms with Crippen molar-refractivity contribution in [3.05, 3.63) is 67.1 Å². The van der Waals surface area contributed by atoms with Crippen LogP contribution >= 0.6 is 34.8 Å². The Bertz CT molecular complexity index is 714. The minimum absolute atomic E-state index is 0.139. The van der Waals surface area contributed by atoms with Crippen LogP contribution < -0.4 is 5.32 Å². The number of hydrogen-bond acceptors (Lipinski definition) is 3. The van der Waals surface area contributed by atoms with E-state index in [9.17, 15) is 14.9 Å². The molecule has 0 aliphatic carbocycles. The Morgan fingerprint density at radius 1 is 1.10 bits per heavy atom. The van der Waals surface area contributed by atoms with Gasteiger partial charge in [-0.25, -0.2) is 0 Å². The van der Waals surface area contributed by atoms with Gasteiger partial charge in [0.05, 0.1) is 20.7 Å². The summed E-state index contributed by atoms with van der Waals surface area (Å²) in [6.45, 7) is 0. The second-order valence-corrected chi connectivity index (χ2v) is 5.22. The van der Waals surface area contributed by atoms with Gasteiger partial charge in [-0.2, -0.15) is 0 Å². The molecule has 8 heteroatoms. The summed E-state index contributed by atoms with van der Waals surface area (Å²) in [5.74, 6) is -0.701. The van der Waals surface area contributed by atoms with E-state index in [0.29, 0.717) is 0 Å². The van der Waals surface area contributed by atoms with Gasteiger partial charge in [-0.3, -0.25) is 14.9 Å². The fourth-order valence-electron chi connectivity index (χ4n) is 1.65. The highest BCUT2D eigenvalue weighted by molar-refractivity contribution is 6.40. The van der Waals surface area contributed by atoms with Crippen LogP contribution in [0.5, 0.6) is 0 Å². The molecule has 2 aromatic carbocycles. The summed E-state index contributed by atoms with van der Waals surface area (Å²) in [4.78, 5) is 22.5. The van der Waals surface area contributed by atoms with Crippen LogP contribution in [0.2, 0.25) is 15.1 Å². The second-order valence-electron chi connectivity index (χ2n) is 3.97. The van der Waals surface area contributed by atoms with E-state index in [1.165, 1.54) is 12.1 Å². The summed E-state index contributed by atoms with van der Waals surface area (Å²) in [7, 11) is 0. The third kappa shape index (κ3) is 3.44. The molecule has 0 spiro atoms. The summed E-state index contributed by atoms with van der Waals surface area (Å²) in [6.07, 6.45) is 0. The van der Waals surface area contributed by atoms with Crippen LogP contribution in [-0.4, -0.2) is 10.8 Å². The van der Waals surface area contributed by atoms with Gasteiger partial charge in [0, 0.05) is 11.1 Å². The number of benzene rings is 2. The van der Waals surface area contributed by atoms with Crippen molar-refractivity contribution >= 4 is 52.1 Å². The molecule has 0 saturated heterocycles. The Kier molecular flexibility index (Phi) is 4.67. The van der Waals surface area contributed by atoms with Gasteiger partial charge >= 0.3 is 0 Å². The molecule has 0 heterocycles. The molecule has 108 valence electrons. The first-order valence-corrected chi connectivity index (χ1v) is 6.73.